The van der Waals surface area contributed by atoms with E-state index in [9.17, 15) is 4.79 Å². The van der Waals surface area contributed by atoms with Crippen LogP contribution in [-0.2, 0) is 9.53 Å². The summed E-state index contributed by atoms with van der Waals surface area (Å²) in [4.78, 5) is 12.0. The molecule has 1 unspecified atom stereocenters. The van der Waals surface area contributed by atoms with Crippen LogP contribution in [0.1, 0.15) is 25.8 Å². The fourth-order valence-electron chi connectivity index (χ4n) is 1.91. The third-order valence-corrected chi connectivity index (χ3v) is 3.30. The first-order chi connectivity index (χ1) is 9.36. The zero-order valence-corrected chi connectivity index (χ0v) is 13.3. The molecule has 0 aliphatic heterocycles. The van der Waals surface area contributed by atoms with E-state index in [1.54, 1.807) is 18.2 Å². The van der Waals surface area contributed by atoms with Crippen molar-refractivity contribution in [1.82, 2.24) is 0 Å². The summed E-state index contributed by atoms with van der Waals surface area (Å²) in [6.45, 7) is 4.06. The van der Waals surface area contributed by atoms with Crippen LogP contribution in [0.3, 0.4) is 0 Å². The van der Waals surface area contributed by atoms with Gasteiger partial charge in [-0.25, -0.2) is 4.79 Å². The molecule has 6 heteroatoms. The van der Waals surface area contributed by atoms with Gasteiger partial charge in [0.1, 0.15) is 11.0 Å². The molecule has 1 rings (SSSR count). The minimum Gasteiger partial charge on any atom is -0.467 e. The number of benzene rings is 1. The maximum absolute atomic E-state index is 11.8. The molecule has 1 aromatic carbocycles. The smallest absolute Gasteiger partial charge is 0.328 e. The Morgan fingerprint density at radius 1 is 1.50 bits per heavy atom. The molecule has 0 heterocycles. The van der Waals surface area contributed by atoms with Crippen LogP contribution in [0.25, 0.3) is 0 Å². The summed E-state index contributed by atoms with van der Waals surface area (Å²) in [7, 11) is 1.36. The number of carbonyl (C=O) groups excluding carboxylic acids is 1. The second-order valence-corrected chi connectivity index (χ2v) is 5.72. The van der Waals surface area contributed by atoms with Crippen molar-refractivity contribution in [3.63, 3.8) is 0 Å². The SMILES string of the molecule is COC(=O)C(CC(C)C)Nc1cccc(Cl)c1C(N)=S. The summed E-state index contributed by atoms with van der Waals surface area (Å²) < 4.78 is 4.82. The number of esters is 1. The van der Waals surface area contributed by atoms with Crippen LogP contribution in [0.5, 0.6) is 0 Å². The number of anilines is 1. The number of thiocarbonyl (C=S) groups is 1. The van der Waals surface area contributed by atoms with Gasteiger partial charge in [0.25, 0.3) is 0 Å². The quantitative estimate of drug-likeness (QED) is 0.624. The van der Waals surface area contributed by atoms with E-state index in [0.717, 1.165) is 0 Å². The molecule has 0 radical (unpaired) electrons. The van der Waals surface area contributed by atoms with Gasteiger partial charge in [0.05, 0.1) is 17.7 Å². The average Bonchev–Trinajstić information content (AvgIpc) is 2.36. The number of halogens is 1. The number of nitrogens with two attached hydrogens (primary N) is 1. The Labute approximate surface area is 129 Å². The van der Waals surface area contributed by atoms with Crippen LogP contribution in [-0.4, -0.2) is 24.1 Å². The first-order valence-electron chi connectivity index (χ1n) is 6.29. The highest BCUT2D eigenvalue weighted by Crippen LogP contribution is 2.26. The summed E-state index contributed by atoms with van der Waals surface area (Å²) in [5.41, 5.74) is 6.88. The zero-order chi connectivity index (χ0) is 15.3. The predicted octanol–water partition coefficient (Wildman–Crippen LogP) is 2.97. The summed E-state index contributed by atoms with van der Waals surface area (Å²) in [5, 5.41) is 3.58. The van der Waals surface area contributed by atoms with Crippen LogP contribution in [0.4, 0.5) is 5.69 Å². The first-order valence-corrected chi connectivity index (χ1v) is 7.08. The lowest BCUT2D eigenvalue weighted by Crippen LogP contribution is -2.33. The molecule has 0 aliphatic rings. The number of methoxy groups -OCH3 is 1. The number of carbonyl (C=O) groups is 1. The molecule has 0 spiro atoms. The van der Waals surface area contributed by atoms with Crippen molar-refractivity contribution in [2.45, 2.75) is 26.3 Å². The highest BCUT2D eigenvalue weighted by molar-refractivity contribution is 7.80. The number of rotatable bonds is 6. The molecular weight excluding hydrogens is 296 g/mol. The van der Waals surface area contributed by atoms with Crippen LogP contribution in [0.15, 0.2) is 18.2 Å². The third kappa shape index (κ3) is 4.35. The normalized spacial score (nSPS) is 12.1. The monoisotopic (exact) mass is 314 g/mol. The third-order valence-electron chi connectivity index (χ3n) is 2.78. The Morgan fingerprint density at radius 2 is 2.15 bits per heavy atom. The Kier molecular flexibility index (Phi) is 6.23. The van der Waals surface area contributed by atoms with Gasteiger partial charge >= 0.3 is 5.97 Å². The number of ether oxygens (including phenoxy) is 1. The van der Waals surface area contributed by atoms with Gasteiger partial charge in [-0.1, -0.05) is 43.7 Å². The summed E-state index contributed by atoms with van der Waals surface area (Å²) in [6, 6.07) is 4.80. The summed E-state index contributed by atoms with van der Waals surface area (Å²) in [6.07, 6.45) is 0.635. The van der Waals surface area contributed by atoms with E-state index in [1.165, 1.54) is 7.11 Å². The molecule has 0 bridgehead atoms. The maximum atomic E-state index is 11.8. The lowest BCUT2D eigenvalue weighted by Gasteiger charge is -2.21. The number of nitrogens with one attached hydrogen (secondary N) is 1. The lowest BCUT2D eigenvalue weighted by atomic mass is 10.0. The summed E-state index contributed by atoms with van der Waals surface area (Å²) >= 11 is 11.1. The molecule has 1 aromatic rings. The Bertz CT molecular complexity index is 506. The molecule has 0 aromatic heterocycles. The molecular formula is C14H19ClN2O2S. The Balaban J connectivity index is 3.08. The van der Waals surface area contributed by atoms with Gasteiger partial charge in [0.15, 0.2) is 0 Å². The van der Waals surface area contributed by atoms with Gasteiger partial charge in [-0.15, -0.1) is 0 Å². The highest BCUT2D eigenvalue weighted by Gasteiger charge is 2.22. The van der Waals surface area contributed by atoms with Crippen LogP contribution >= 0.6 is 23.8 Å². The lowest BCUT2D eigenvalue weighted by molar-refractivity contribution is -0.141. The maximum Gasteiger partial charge on any atom is 0.328 e. The molecule has 1 atom stereocenters. The minimum absolute atomic E-state index is 0.186. The van der Waals surface area contributed by atoms with Gasteiger partial charge in [0, 0.05) is 5.69 Å². The molecule has 0 fully saturated rings. The van der Waals surface area contributed by atoms with Crippen LogP contribution in [0, 0.1) is 5.92 Å². The summed E-state index contributed by atoms with van der Waals surface area (Å²) in [5.74, 6) is 0.00614. The second-order valence-electron chi connectivity index (χ2n) is 4.88. The van der Waals surface area contributed by atoms with Crippen LogP contribution in [0.2, 0.25) is 5.02 Å². The Morgan fingerprint density at radius 3 is 2.65 bits per heavy atom. The van der Waals surface area contributed by atoms with Crippen molar-refractivity contribution in [1.29, 1.82) is 0 Å². The highest BCUT2D eigenvalue weighted by atomic mass is 35.5. The van der Waals surface area contributed by atoms with Crippen molar-refractivity contribution >= 4 is 40.5 Å². The fourth-order valence-corrected chi connectivity index (χ4v) is 2.46. The van der Waals surface area contributed by atoms with Crippen molar-refractivity contribution in [2.75, 3.05) is 12.4 Å². The van der Waals surface area contributed by atoms with E-state index < -0.39 is 6.04 Å². The van der Waals surface area contributed by atoms with E-state index in [1.807, 2.05) is 13.8 Å². The average molecular weight is 315 g/mol. The topological polar surface area (TPSA) is 64.3 Å². The number of hydrogen-bond donors (Lipinski definition) is 2. The molecule has 0 aliphatic carbocycles. The van der Waals surface area contributed by atoms with Gasteiger partial charge in [-0.05, 0) is 24.5 Å². The van der Waals surface area contributed by atoms with E-state index in [0.29, 0.717) is 28.6 Å². The van der Waals surface area contributed by atoms with Gasteiger partial charge in [0.2, 0.25) is 0 Å². The van der Waals surface area contributed by atoms with Crippen LogP contribution < -0.4 is 11.1 Å². The molecule has 110 valence electrons. The molecule has 20 heavy (non-hydrogen) atoms. The zero-order valence-electron chi connectivity index (χ0n) is 11.8. The van der Waals surface area contributed by atoms with Crippen molar-refractivity contribution in [3.05, 3.63) is 28.8 Å². The van der Waals surface area contributed by atoms with E-state index >= 15 is 0 Å². The van der Waals surface area contributed by atoms with Crippen molar-refractivity contribution in [3.8, 4) is 0 Å². The number of hydrogen-bond acceptors (Lipinski definition) is 4. The Hall–Kier alpha value is -1.33. The predicted molar refractivity (Wildman–Crippen MR) is 86.2 cm³/mol. The van der Waals surface area contributed by atoms with Gasteiger partial charge < -0.3 is 15.8 Å². The van der Waals surface area contributed by atoms with E-state index in [4.69, 9.17) is 34.3 Å². The van der Waals surface area contributed by atoms with Gasteiger partial charge in [-0.3, -0.25) is 0 Å². The molecule has 0 saturated heterocycles. The first kappa shape index (κ1) is 16.7. The van der Waals surface area contributed by atoms with Gasteiger partial charge in [-0.2, -0.15) is 0 Å². The largest absolute Gasteiger partial charge is 0.467 e. The fraction of sp³-hybridized carbons (Fsp3) is 0.429. The minimum atomic E-state index is -0.466. The van der Waals surface area contributed by atoms with Crippen molar-refractivity contribution < 1.29 is 9.53 Å². The molecule has 3 N–H and O–H groups in total. The second kappa shape index (κ2) is 7.45. The molecule has 0 saturated carbocycles. The van der Waals surface area contributed by atoms with Crippen molar-refractivity contribution in [2.24, 2.45) is 11.7 Å². The van der Waals surface area contributed by atoms with E-state index in [2.05, 4.69) is 5.32 Å². The van der Waals surface area contributed by atoms with E-state index in [-0.39, 0.29) is 11.0 Å². The molecule has 4 nitrogen and oxygen atoms in total. The molecule has 0 amide bonds. The standard InChI is InChI=1S/C14H19ClN2O2S/c1-8(2)7-11(14(18)19-3)17-10-6-4-5-9(15)12(10)13(16)20/h4-6,8,11,17H,7H2,1-3H3,(H2,16,20).